The molecule has 0 bridgehead atoms. The lowest BCUT2D eigenvalue weighted by Gasteiger charge is -2.13. The van der Waals surface area contributed by atoms with Crippen molar-refractivity contribution in [1.82, 2.24) is 14.4 Å². The van der Waals surface area contributed by atoms with E-state index in [1.165, 1.54) is 0 Å². The summed E-state index contributed by atoms with van der Waals surface area (Å²) in [6, 6.07) is 7.54. The van der Waals surface area contributed by atoms with Gasteiger partial charge in [0, 0.05) is 18.0 Å². The summed E-state index contributed by atoms with van der Waals surface area (Å²) >= 11 is 0. The summed E-state index contributed by atoms with van der Waals surface area (Å²) in [6.07, 6.45) is 3.25. The van der Waals surface area contributed by atoms with E-state index in [0.29, 0.717) is 18.0 Å². The van der Waals surface area contributed by atoms with Crippen molar-refractivity contribution in [2.45, 2.75) is 12.8 Å². The van der Waals surface area contributed by atoms with Gasteiger partial charge in [-0.25, -0.2) is 4.98 Å². The number of aromatic amines is 1. The van der Waals surface area contributed by atoms with E-state index in [1.807, 2.05) is 24.3 Å². The molecule has 4 rings (SSSR count). The van der Waals surface area contributed by atoms with Gasteiger partial charge in [-0.15, -0.1) is 0 Å². The Hall–Kier alpha value is -2.89. The number of carbonyl (C=O) groups excluding carboxylic acids is 1. The lowest BCUT2D eigenvalue weighted by atomic mass is 10.0. The normalized spacial score (nSPS) is 15.6. The molecule has 1 N–H and O–H groups in total. The van der Waals surface area contributed by atoms with E-state index < -0.39 is 5.92 Å². The predicted octanol–water partition coefficient (Wildman–Crippen LogP) is 1.70. The van der Waals surface area contributed by atoms with Crippen molar-refractivity contribution in [3.8, 4) is 11.3 Å². The quantitative estimate of drug-likeness (QED) is 0.730. The zero-order chi connectivity index (χ0) is 15.3. The Balaban J connectivity index is 2.09. The standard InChI is InChI=1S/C16H13N3O3/c1-2-22-16(21)11-9-5-3-4-6-10(9)12-13(11)19-8-7-17-14(19)15(20)18-12/h3-8,11H,2H2,1H3,(H,18,20). The monoisotopic (exact) mass is 295 g/mol. The number of nitrogens with zero attached hydrogens (tertiary/aromatic N) is 2. The van der Waals surface area contributed by atoms with E-state index in [0.717, 1.165) is 11.1 Å². The second kappa shape index (κ2) is 4.56. The van der Waals surface area contributed by atoms with Crippen molar-refractivity contribution in [3.63, 3.8) is 0 Å². The number of fused-ring (bicyclic) bond motifs is 5. The van der Waals surface area contributed by atoms with Crippen LogP contribution in [0.3, 0.4) is 0 Å². The molecule has 2 heterocycles. The summed E-state index contributed by atoms with van der Waals surface area (Å²) in [5.74, 6) is -0.879. The molecule has 22 heavy (non-hydrogen) atoms. The number of H-pyrrole nitrogens is 1. The average Bonchev–Trinajstić information content (AvgIpc) is 3.10. The molecule has 6 heteroatoms. The maximum atomic E-state index is 12.5. The number of carbonyl (C=O) groups is 1. The number of imidazole rings is 1. The minimum atomic E-state index is -0.556. The molecule has 0 fully saturated rings. The minimum Gasteiger partial charge on any atom is -0.465 e. The summed E-state index contributed by atoms with van der Waals surface area (Å²) < 4.78 is 6.91. The fourth-order valence-corrected chi connectivity index (χ4v) is 3.10. The van der Waals surface area contributed by atoms with E-state index >= 15 is 0 Å². The van der Waals surface area contributed by atoms with E-state index in [9.17, 15) is 9.59 Å². The zero-order valence-corrected chi connectivity index (χ0v) is 11.9. The second-order valence-electron chi connectivity index (χ2n) is 5.11. The number of hydrogen-bond acceptors (Lipinski definition) is 4. The largest absolute Gasteiger partial charge is 0.465 e. The minimum absolute atomic E-state index is 0.275. The van der Waals surface area contributed by atoms with Gasteiger partial charge in [-0.3, -0.25) is 14.0 Å². The number of aromatic nitrogens is 3. The Morgan fingerprint density at radius 1 is 1.41 bits per heavy atom. The topological polar surface area (TPSA) is 76.5 Å². The number of ether oxygens (including phenoxy) is 1. The van der Waals surface area contributed by atoms with Crippen LogP contribution in [0.25, 0.3) is 16.9 Å². The van der Waals surface area contributed by atoms with Crippen LogP contribution in [0.4, 0.5) is 0 Å². The summed E-state index contributed by atoms with van der Waals surface area (Å²) in [5, 5.41) is 0. The maximum absolute atomic E-state index is 12.5. The first-order valence-corrected chi connectivity index (χ1v) is 7.07. The number of benzene rings is 1. The number of esters is 1. The van der Waals surface area contributed by atoms with Crippen LogP contribution in [0.1, 0.15) is 24.1 Å². The molecule has 110 valence electrons. The number of rotatable bonds is 2. The Bertz CT molecular complexity index is 955. The van der Waals surface area contributed by atoms with Gasteiger partial charge in [0.05, 0.1) is 18.0 Å². The molecule has 0 amide bonds. The van der Waals surface area contributed by atoms with Gasteiger partial charge in [-0.05, 0) is 12.5 Å². The molecule has 1 aliphatic rings. The van der Waals surface area contributed by atoms with Crippen molar-refractivity contribution in [1.29, 1.82) is 0 Å². The van der Waals surface area contributed by atoms with Crippen molar-refractivity contribution < 1.29 is 9.53 Å². The van der Waals surface area contributed by atoms with Crippen LogP contribution in [0.15, 0.2) is 41.5 Å². The molecular weight excluding hydrogens is 282 g/mol. The highest BCUT2D eigenvalue weighted by Crippen LogP contribution is 2.43. The number of nitrogens with one attached hydrogen (secondary N) is 1. The molecule has 1 unspecified atom stereocenters. The second-order valence-corrected chi connectivity index (χ2v) is 5.11. The molecule has 1 atom stereocenters. The van der Waals surface area contributed by atoms with Gasteiger partial charge in [0.2, 0.25) is 5.65 Å². The average molecular weight is 295 g/mol. The molecule has 6 nitrogen and oxygen atoms in total. The SMILES string of the molecule is CCOC(=O)C1c2ccccc2-c2[nH]c(=O)c3nccn3c21. The van der Waals surface area contributed by atoms with Crippen LogP contribution in [0.5, 0.6) is 0 Å². The Morgan fingerprint density at radius 3 is 3.05 bits per heavy atom. The molecule has 0 saturated heterocycles. The van der Waals surface area contributed by atoms with E-state index in [1.54, 1.807) is 23.7 Å². The van der Waals surface area contributed by atoms with Crippen LogP contribution in [0.2, 0.25) is 0 Å². The van der Waals surface area contributed by atoms with Crippen LogP contribution in [-0.4, -0.2) is 26.9 Å². The fraction of sp³-hybridized carbons (Fsp3) is 0.188. The molecule has 0 radical (unpaired) electrons. The van der Waals surface area contributed by atoms with E-state index in [2.05, 4.69) is 9.97 Å². The Morgan fingerprint density at radius 2 is 2.23 bits per heavy atom. The maximum Gasteiger partial charge on any atom is 0.319 e. The Labute approximate surface area is 125 Å². The van der Waals surface area contributed by atoms with Gasteiger partial charge in [-0.1, -0.05) is 24.3 Å². The lowest BCUT2D eigenvalue weighted by Crippen LogP contribution is -2.20. The summed E-state index contributed by atoms with van der Waals surface area (Å²) in [6.45, 7) is 2.09. The van der Waals surface area contributed by atoms with Gasteiger partial charge < -0.3 is 9.72 Å². The number of hydrogen-bond donors (Lipinski definition) is 1. The third-order valence-electron chi connectivity index (χ3n) is 3.93. The first kappa shape index (κ1) is 12.8. The molecule has 0 saturated carbocycles. The lowest BCUT2D eigenvalue weighted by molar-refractivity contribution is -0.143. The highest BCUT2D eigenvalue weighted by Gasteiger charge is 2.38. The molecule has 0 spiro atoms. The van der Waals surface area contributed by atoms with E-state index in [4.69, 9.17) is 4.74 Å². The first-order chi connectivity index (χ1) is 10.7. The first-order valence-electron chi connectivity index (χ1n) is 7.07. The van der Waals surface area contributed by atoms with Crippen molar-refractivity contribution in [3.05, 3.63) is 58.3 Å². The van der Waals surface area contributed by atoms with Gasteiger partial charge in [0.15, 0.2) is 0 Å². The molecule has 0 aliphatic heterocycles. The van der Waals surface area contributed by atoms with Crippen molar-refractivity contribution in [2.75, 3.05) is 6.61 Å². The molecular formula is C16H13N3O3. The smallest absolute Gasteiger partial charge is 0.319 e. The van der Waals surface area contributed by atoms with Crippen LogP contribution in [0, 0.1) is 0 Å². The van der Waals surface area contributed by atoms with Crippen LogP contribution in [-0.2, 0) is 9.53 Å². The van der Waals surface area contributed by atoms with Gasteiger partial charge in [0.1, 0.15) is 5.92 Å². The molecule has 1 aliphatic carbocycles. The van der Waals surface area contributed by atoms with Crippen molar-refractivity contribution in [2.24, 2.45) is 0 Å². The highest BCUT2D eigenvalue weighted by atomic mass is 16.5. The predicted molar refractivity (Wildman–Crippen MR) is 79.7 cm³/mol. The van der Waals surface area contributed by atoms with Gasteiger partial charge >= 0.3 is 5.97 Å². The third-order valence-corrected chi connectivity index (χ3v) is 3.93. The van der Waals surface area contributed by atoms with E-state index in [-0.39, 0.29) is 17.2 Å². The van der Waals surface area contributed by atoms with Gasteiger partial charge in [-0.2, -0.15) is 0 Å². The molecule has 2 aromatic heterocycles. The molecule has 1 aromatic carbocycles. The third kappa shape index (κ3) is 1.57. The summed E-state index contributed by atoms with van der Waals surface area (Å²) in [4.78, 5) is 31.5. The van der Waals surface area contributed by atoms with Crippen LogP contribution >= 0.6 is 0 Å². The van der Waals surface area contributed by atoms with Gasteiger partial charge in [0.25, 0.3) is 5.56 Å². The summed E-state index contributed by atoms with van der Waals surface area (Å²) in [7, 11) is 0. The Kier molecular flexibility index (Phi) is 2.66. The molecule has 3 aromatic rings. The van der Waals surface area contributed by atoms with Crippen molar-refractivity contribution >= 4 is 11.6 Å². The zero-order valence-electron chi connectivity index (χ0n) is 11.9. The van der Waals surface area contributed by atoms with Crippen LogP contribution < -0.4 is 5.56 Å². The summed E-state index contributed by atoms with van der Waals surface area (Å²) in [5.41, 5.74) is 3.05. The fourth-order valence-electron chi connectivity index (χ4n) is 3.10. The highest BCUT2D eigenvalue weighted by molar-refractivity contribution is 5.92.